The minimum absolute atomic E-state index is 0.0443. The summed E-state index contributed by atoms with van der Waals surface area (Å²) < 4.78 is 67.9. The lowest BCUT2D eigenvalue weighted by atomic mass is 9.55. The van der Waals surface area contributed by atoms with E-state index in [4.69, 9.17) is 14.3 Å². The molecule has 0 bridgehead atoms. The molecule has 0 saturated heterocycles. The molecule has 2 aliphatic carbocycles. The van der Waals surface area contributed by atoms with Gasteiger partial charge < -0.3 is 15.4 Å². The van der Waals surface area contributed by atoms with Crippen molar-refractivity contribution in [1.29, 1.82) is 0 Å². The summed E-state index contributed by atoms with van der Waals surface area (Å²) in [6.45, 7) is 16.0. The second-order valence-electron chi connectivity index (χ2n) is 24.8. The van der Waals surface area contributed by atoms with E-state index in [2.05, 4.69) is 217 Å². The Morgan fingerprint density at radius 1 is 0.494 bits per heavy atom. The molecule has 0 radical (unpaired) electrons. The molecule has 2 aromatic heterocycles. The van der Waals surface area contributed by atoms with E-state index in [0.29, 0.717) is 22.4 Å². The van der Waals surface area contributed by atoms with E-state index < -0.39 is 18.3 Å². The Bertz CT molecular complexity index is 4850. The highest BCUT2D eigenvalue weighted by Crippen LogP contribution is 2.64. The molecule has 2 N–H and O–H groups in total. The Morgan fingerprint density at radius 2 is 1.08 bits per heavy atom. The van der Waals surface area contributed by atoms with Crippen molar-refractivity contribution in [3.8, 4) is 50.7 Å². The third kappa shape index (κ3) is 8.46. The molecule has 0 aliphatic heterocycles. The molecular formula is C78H68N4O. The molecule has 0 fully saturated rings. The van der Waals surface area contributed by atoms with Gasteiger partial charge in [-0.15, -0.1) is 0 Å². The van der Waals surface area contributed by atoms with Gasteiger partial charge in [0.05, 0.1) is 39.0 Å². The second kappa shape index (κ2) is 19.3. The van der Waals surface area contributed by atoms with Crippen molar-refractivity contribution < 1.29 is 14.3 Å². The van der Waals surface area contributed by atoms with Crippen molar-refractivity contribution in [2.75, 3.05) is 10.6 Å². The molecule has 1 spiro atoms. The summed E-state index contributed by atoms with van der Waals surface area (Å²) in [7, 11) is 0. The molecule has 0 unspecified atom stereocenters. The van der Waals surface area contributed by atoms with Crippen molar-refractivity contribution in [2.45, 2.75) is 83.9 Å². The predicted molar refractivity (Wildman–Crippen MR) is 347 cm³/mol. The van der Waals surface area contributed by atoms with Crippen LogP contribution in [0.25, 0.3) is 61.0 Å². The third-order valence-electron chi connectivity index (χ3n) is 17.3. The highest BCUT2D eigenvalue weighted by Gasteiger charge is 2.53. The van der Waals surface area contributed by atoms with E-state index in [0.717, 1.165) is 45.0 Å². The van der Waals surface area contributed by atoms with E-state index in [1.807, 2.05) is 30.3 Å². The van der Waals surface area contributed by atoms with Gasteiger partial charge in [-0.25, -0.2) is 4.98 Å². The molecule has 2 aliphatic rings. The number of nitrogens with one attached hydrogen (secondary N) is 2. The van der Waals surface area contributed by atoms with Crippen molar-refractivity contribution in [3.63, 3.8) is 0 Å². The number of nitrogens with zero attached hydrogens (tertiary/aromatic N) is 2. The van der Waals surface area contributed by atoms with Crippen molar-refractivity contribution in [3.05, 3.63) is 287 Å². The summed E-state index contributed by atoms with van der Waals surface area (Å²) >= 11 is 0. The fourth-order valence-corrected chi connectivity index (χ4v) is 13.2. The number of hydrogen-bond acceptors (Lipinski definition) is 4. The minimum Gasteiger partial charge on any atom is -0.457 e. The third-order valence-corrected chi connectivity index (χ3v) is 17.3. The zero-order valence-corrected chi connectivity index (χ0v) is 48.0. The lowest BCUT2D eigenvalue weighted by Gasteiger charge is -2.46. The molecule has 2 heterocycles. The number of ether oxygens (including phenoxy) is 1. The zero-order valence-electron chi connectivity index (χ0n) is 55.0. The monoisotopic (exact) mass is 1080 g/mol. The number of anilines is 4. The minimum atomic E-state index is -2.45. The lowest BCUT2D eigenvalue weighted by Crippen LogP contribution is -2.40. The van der Waals surface area contributed by atoms with Crippen molar-refractivity contribution >= 4 is 44.6 Å². The molecular weight excluding hydrogens is 1010 g/mol. The van der Waals surface area contributed by atoms with Gasteiger partial charge in [0.25, 0.3) is 0 Å². The van der Waals surface area contributed by atoms with Crippen LogP contribution in [0.15, 0.2) is 237 Å². The van der Waals surface area contributed by atoms with E-state index in [1.165, 1.54) is 74.0 Å². The largest absolute Gasteiger partial charge is 0.457 e. The number of aryl methyl sites for hydroxylation is 1. The van der Waals surface area contributed by atoms with Crippen LogP contribution in [0.5, 0.6) is 11.5 Å². The number of aromatic nitrogens is 2. The molecule has 0 atom stereocenters. The Kier molecular flexibility index (Phi) is 10.3. The smallest absolute Gasteiger partial charge is 0.137 e. The van der Waals surface area contributed by atoms with Gasteiger partial charge in [-0.3, -0.25) is 4.57 Å². The summed E-state index contributed by atoms with van der Waals surface area (Å²) in [5, 5.41) is 8.69. The van der Waals surface area contributed by atoms with Gasteiger partial charge in [-0.1, -0.05) is 219 Å². The van der Waals surface area contributed by atoms with Crippen molar-refractivity contribution in [2.24, 2.45) is 0 Å². The average molecular weight is 1080 g/mol. The molecule has 83 heavy (non-hydrogen) atoms. The van der Waals surface area contributed by atoms with E-state index >= 15 is 0 Å². The maximum atomic E-state index is 9.05. The van der Waals surface area contributed by atoms with Crippen LogP contribution >= 0.6 is 0 Å². The van der Waals surface area contributed by atoms with Crippen LogP contribution in [0.4, 0.5) is 22.7 Å². The summed E-state index contributed by atoms with van der Waals surface area (Å²) in [5.74, 6) is 1.13. The molecule has 12 aromatic rings. The SMILES string of the molecule is [2H]c1c([2H])c([2H])c2c(c1[2H])c1ccc(Oc3cccc(Nc4ccccc4Nc4c(-c5cc(C(C)(C)C)cc(C(C)(C)C)c5)cccc4-c4cccc5c4-c4ccccc4C54c5ccccc5C(C)(C)c5ccccc54)c3)cc1n2-c1cc(C([2H])([2H])[2H])ccn1. The van der Waals surface area contributed by atoms with E-state index in [-0.39, 0.29) is 56.7 Å². The van der Waals surface area contributed by atoms with Crippen LogP contribution in [0.1, 0.15) is 115 Å². The Labute approximate surface area is 498 Å². The van der Waals surface area contributed by atoms with Crippen LogP contribution in [0, 0.1) is 6.85 Å². The average Bonchev–Trinajstić information content (AvgIpc) is 1.43. The number of benzene rings is 10. The van der Waals surface area contributed by atoms with Gasteiger partial charge in [-0.05, 0) is 145 Å². The van der Waals surface area contributed by atoms with Crippen LogP contribution in [0.3, 0.4) is 0 Å². The molecule has 10 aromatic carbocycles. The first kappa shape index (κ1) is 44.2. The topological polar surface area (TPSA) is 51.1 Å². The maximum Gasteiger partial charge on any atom is 0.137 e. The standard InChI is InChI=1S/C78H68N4O/c1-49-41-42-79-72(43-49)82-70-38-19-11-25-57(70)58-40-39-55(48-71(58)82)83-54-24-20-23-53(47-54)80-68-36-17-18-37-69(68)81-74-56(50-44-51(75(2,3)4)46-52(45-50)76(5,6)7)27-21-29-60(74)59-28-22-35-67-73(59)61-26-10-12-30-62(61)78(67)65-33-15-13-31-63(65)77(8,9)64-32-14-16-34-66(64)78/h10-48,80-81H,1-9H3/i1D3,11D,19D,25D,38D. The Hall–Kier alpha value is -9.45. The van der Waals surface area contributed by atoms with Gasteiger partial charge in [0.2, 0.25) is 0 Å². The highest BCUT2D eigenvalue weighted by molar-refractivity contribution is 6.09. The first-order chi connectivity index (χ1) is 42.9. The van der Waals surface area contributed by atoms with Crippen LogP contribution in [0.2, 0.25) is 0 Å². The van der Waals surface area contributed by atoms with Gasteiger partial charge in [0, 0.05) is 55.4 Å². The van der Waals surface area contributed by atoms with Gasteiger partial charge in [0.15, 0.2) is 0 Å². The summed E-state index contributed by atoms with van der Waals surface area (Å²) in [4.78, 5) is 4.54. The summed E-state index contributed by atoms with van der Waals surface area (Å²) in [6.07, 6.45) is 1.40. The van der Waals surface area contributed by atoms with E-state index in [9.17, 15) is 0 Å². The predicted octanol–water partition coefficient (Wildman–Crippen LogP) is 20.7. The normalized spacial score (nSPS) is 15.2. The maximum absolute atomic E-state index is 9.05. The first-order valence-corrected chi connectivity index (χ1v) is 28.6. The van der Waals surface area contributed by atoms with Crippen LogP contribution in [-0.4, -0.2) is 9.55 Å². The molecule has 14 rings (SSSR count). The lowest BCUT2D eigenvalue weighted by molar-refractivity contribution is 0.483. The van der Waals surface area contributed by atoms with Crippen LogP contribution in [-0.2, 0) is 21.7 Å². The summed E-state index contributed by atoms with van der Waals surface area (Å²) in [6, 6.07) is 70.9. The number of hydrogen-bond donors (Lipinski definition) is 2. The first-order valence-electron chi connectivity index (χ1n) is 32.1. The number of para-hydroxylation sites is 4. The number of rotatable bonds is 9. The highest BCUT2D eigenvalue weighted by atomic mass is 16.5. The summed E-state index contributed by atoms with van der Waals surface area (Å²) in [5.41, 5.74) is 20.2. The fraction of sp³-hybridized carbons (Fsp3) is 0.167. The quantitative estimate of drug-likeness (QED) is 0.151. The van der Waals surface area contributed by atoms with Gasteiger partial charge in [-0.2, -0.15) is 0 Å². The van der Waals surface area contributed by atoms with Gasteiger partial charge in [0.1, 0.15) is 17.3 Å². The van der Waals surface area contributed by atoms with E-state index in [1.54, 1.807) is 22.8 Å². The second-order valence-corrected chi connectivity index (χ2v) is 24.8. The van der Waals surface area contributed by atoms with Crippen LogP contribution < -0.4 is 15.4 Å². The molecule has 5 heteroatoms. The molecule has 0 amide bonds. The number of fused-ring (bicyclic) bond motifs is 12. The fourth-order valence-electron chi connectivity index (χ4n) is 13.2. The molecule has 5 nitrogen and oxygen atoms in total. The Morgan fingerprint density at radius 3 is 1.81 bits per heavy atom. The molecule has 0 saturated carbocycles. The van der Waals surface area contributed by atoms with Gasteiger partial charge >= 0.3 is 0 Å². The zero-order chi connectivity index (χ0) is 63.0. The van der Waals surface area contributed by atoms with Crippen molar-refractivity contribution in [1.82, 2.24) is 9.55 Å². The number of pyridine rings is 1. The molecule has 406 valence electrons. The Balaban J connectivity index is 0.898.